The highest BCUT2D eigenvalue weighted by molar-refractivity contribution is 5.98. The lowest BCUT2D eigenvalue weighted by Gasteiger charge is -2.28. The van der Waals surface area contributed by atoms with E-state index in [4.69, 9.17) is 14.2 Å². The first-order valence-electron chi connectivity index (χ1n) is 11.9. The number of hydrogen-bond acceptors (Lipinski definition) is 8. The van der Waals surface area contributed by atoms with Gasteiger partial charge in [-0.15, -0.1) is 0 Å². The first-order valence-corrected chi connectivity index (χ1v) is 11.9. The van der Waals surface area contributed by atoms with Crippen LogP contribution < -0.4 is 20.1 Å². The van der Waals surface area contributed by atoms with Gasteiger partial charge in [-0.1, -0.05) is 19.9 Å². The zero-order valence-electron chi connectivity index (χ0n) is 20.8. The number of carbonyl (C=O) groups excluding carboxylic acids is 3. The Kier molecular flexibility index (Phi) is 8.74. The van der Waals surface area contributed by atoms with Crippen molar-refractivity contribution < 1.29 is 38.8 Å². The van der Waals surface area contributed by atoms with Gasteiger partial charge in [0.25, 0.3) is 0 Å². The standard InChI is InChI=1S/C25H36N2O8/c1-14(2)9-18(22(30)25(12-29)13-35-25)26-24(32)19(11-28)27-23(31)16-6-5-15-7-8-20(33-3)21(34-4)17(15)10-16/h7-8,14,16,18-19,28-29H,5-6,9-13H2,1-4H3,(H,26,32)(H,27,31)/t16?,18-,19-,25+/m0/s1. The van der Waals surface area contributed by atoms with Gasteiger partial charge in [0.05, 0.1) is 40.1 Å². The summed E-state index contributed by atoms with van der Waals surface area (Å²) in [5, 5.41) is 24.7. The molecule has 10 nitrogen and oxygen atoms in total. The maximum atomic E-state index is 13.1. The molecular formula is C25H36N2O8. The van der Waals surface area contributed by atoms with E-state index in [1.165, 1.54) is 0 Å². The van der Waals surface area contributed by atoms with Crippen molar-refractivity contribution in [1.82, 2.24) is 10.6 Å². The number of aryl methyl sites for hydroxylation is 1. The van der Waals surface area contributed by atoms with Gasteiger partial charge >= 0.3 is 0 Å². The minimum Gasteiger partial charge on any atom is -0.493 e. The minimum absolute atomic E-state index is 0.0789. The van der Waals surface area contributed by atoms with E-state index in [-0.39, 0.29) is 18.4 Å². The normalized spacial score (nSPS) is 22.5. The summed E-state index contributed by atoms with van der Waals surface area (Å²) in [7, 11) is 3.10. The van der Waals surface area contributed by atoms with Crippen molar-refractivity contribution in [3.05, 3.63) is 23.3 Å². The molecule has 0 spiro atoms. The molecule has 10 heteroatoms. The topological polar surface area (TPSA) is 147 Å². The van der Waals surface area contributed by atoms with E-state index in [0.29, 0.717) is 37.2 Å². The second-order valence-electron chi connectivity index (χ2n) is 9.62. The molecule has 1 aliphatic carbocycles. The average molecular weight is 493 g/mol. The van der Waals surface area contributed by atoms with Gasteiger partial charge in [-0.2, -0.15) is 0 Å². The van der Waals surface area contributed by atoms with Gasteiger partial charge in [-0.05, 0) is 43.2 Å². The molecule has 1 aromatic carbocycles. The molecule has 1 fully saturated rings. The summed E-state index contributed by atoms with van der Waals surface area (Å²) in [5.41, 5.74) is 0.698. The molecule has 2 aliphatic rings. The minimum atomic E-state index is -1.28. The molecule has 3 rings (SSSR count). The summed E-state index contributed by atoms with van der Waals surface area (Å²) >= 11 is 0. The van der Waals surface area contributed by atoms with Crippen LogP contribution in [0.3, 0.4) is 0 Å². The fourth-order valence-corrected chi connectivity index (χ4v) is 4.57. The van der Waals surface area contributed by atoms with Gasteiger partial charge in [-0.25, -0.2) is 0 Å². The van der Waals surface area contributed by atoms with Crippen LogP contribution >= 0.6 is 0 Å². The van der Waals surface area contributed by atoms with Crippen molar-refractivity contribution in [2.75, 3.05) is 34.0 Å². The fourth-order valence-electron chi connectivity index (χ4n) is 4.57. The van der Waals surface area contributed by atoms with Crippen molar-refractivity contribution in [1.29, 1.82) is 0 Å². The molecule has 4 N–H and O–H groups in total. The van der Waals surface area contributed by atoms with E-state index in [1.807, 2.05) is 26.0 Å². The highest BCUT2D eigenvalue weighted by Gasteiger charge is 2.54. The van der Waals surface area contributed by atoms with Crippen molar-refractivity contribution >= 4 is 17.6 Å². The maximum Gasteiger partial charge on any atom is 0.245 e. The van der Waals surface area contributed by atoms with Crippen LogP contribution in [0.5, 0.6) is 11.5 Å². The van der Waals surface area contributed by atoms with E-state index in [2.05, 4.69) is 10.6 Å². The summed E-state index contributed by atoms with van der Waals surface area (Å²) in [6.07, 6.45) is 1.99. The fraction of sp³-hybridized carbons (Fsp3) is 0.640. The Hall–Kier alpha value is -2.69. The lowest BCUT2D eigenvalue weighted by molar-refractivity contribution is -0.135. The Balaban J connectivity index is 1.68. The molecule has 1 heterocycles. The smallest absolute Gasteiger partial charge is 0.245 e. The van der Waals surface area contributed by atoms with E-state index in [1.54, 1.807) is 14.2 Å². The zero-order chi connectivity index (χ0) is 25.8. The molecule has 0 saturated carbocycles. The summed E-state index contributed by atoms with van der Waals surface area (Å²) in [4.78, 5) is 38.9. The predicted octanol–water partition coefficient (Wildman–Crippen LogP) is 0.147. The van der Waals surface area contributed by atoms with Gasteiger partial charge in [0, 0.05) is 11.5 Å². The number of ketones is 1. The van der Waals surface area contributed by atoms with E-state index in [0.717, 1.165) is 11.1 Å². The SMILES string of the molecule is COc1ccc2c(c1OC)CC(C(=O)N[C@@H](CO)C(=O)N[C@@H](CC(C)C)C(=O)[C@@]1(CO)CO1)CC2. The number of rotatable bonds is 12. The summed E-state index contributed by atoms with van der Waals surface area (Å²) in [5.74, 6) is -0.598. The number of benzene rings is 1. The summed E-state index contributed by atoms with van der Waals surface area (Å²) in [6, 6.07) is 1.68. The predicted molar refractivity (Wildman–Crippen MR) is 126 cm³/mol. The molecule has 1 aromatic rings. The monoisotopic (exact) mass is 492 g/mol. The number of fused-ring (bicyclic) bond motifs is 1. The third-order valence-electron chi connectivity index (χ3n) is 6.68. The number of amides is 2. The number of methoxy groups -OCH3 is 2. The Morgan fingerprint density at radius 1 is 1.14 bits per heavy atom. The molecule has 0 aromatic heterocycles. The number of hydrogen-bond donors (Lipinski definition) is 4. The highest BCUT2D eigenvalue weighted by atomic mass is 16.6. The van der Waals surface area contributed by atoms with Gasteiger partial charge < -0.3 is 35.1 Å². The molecule has 194 valence electrons. The van der Waals surface area contributed by atoms with Crippen LogP contribution in [0, 0.1) is 11.8 Å². The highest BCUT2D eigenvalue weighted by Crippen LogP contribution is 2.39. The largest absolute Gasteiger partial charge is 0.493 e. The Labute approximate surface area is 205 Å². The molecule has 35 heavy (non-hydrogen) atoms. The van der Waals surface area contributed by atoms with Gasteiger partial charge in [0.1, 0.15) is 6.04 Å². The molecule has 2 amide bonds. The van der Waals surface area contributed by atoms with Gasteiger partial charge in [-0.3, -0.25) is 14.4 Å². The zero-order valence-corrected chi connectivity index (χ0v) is 20.8. The number of epoxide rings is 1. The molecule has 1 saturated heterocycles. The second kappa shape index (κ2) is 11.4. The molecular weight excluding hydrogens is 456 g/mol. The number of carbonyl (C=O) groups is 3. The van der Waals surface area contributed by atoms with Crippen LogP contribution in [0.2, 0.25) is 0 Å². The quantitative estimate of drug-likeness (QED) is 0.302. The van der Waals surface area contributed by atoms with Crippen molar-refractivity contribution in [2.45, 2.75) is 57.2 Å². The number of aliphatic hydroxyl groups is 2. The lowest BCUT2D eigenvalue weighted by Crippen LogP contribution is -2.56. The number of ether oxygens (including phenoxy) is 3. The number of aliphatic hydroxyl groups excluding tert-OH is 2. The van der Waals surface area contributed by atoms with Crippen LogP contribution in [0.4, 0.5) is 0 Å². The van der Waals surface area contributed by atoms with Crippen molar-refractivity contribution in [3.8, 4) is 11.5 Å². The maximum absolute atomic E-state index is 13.1. The van der Waals surface area contributed by atoms with Gasteiger partial charge in [0.15, 0.2) is 22.9 Å². The van der Waals surface area contributed by atoms with Crippen LogP contribution in [0.1, 0.15) is 37.8 Å². The third kappa shape index (κ3) is 5.94. The first kappa shape index (κ1) is 26.9. The number of nitrogens with one attached hydrogen (secondary N) is 2. The van der Waals surface area contributed by atoms with Gasteiger partial charge in [0.2, 0.25) is 11.8 Å². The third-order valence-corrected chi connectivity index (χ3v) is 6.68. The molecule has 1 aliphatic heterocycles. The Morgan fingerprint density at radius 2 is 1.86 bits per heavy atom. The van der Waals surface area contributed by atoms with Crippen LogP contribution in [-0.2, 0) is 32.0 Å². The van der Waals surface area contributed by atoms with Crippen molar-refractivity contribution in [3.63, 3.8) is 0 Å². The van der Waals surface area contributed by atoms with E-state index >= 15 is 0 Å². The molecule has 1 unspecified atom stereocenters. The number of Topliss-reactive ketones (excluding diaryl/α,β-unsaturated/α-hetero) is 1. The average Bonchev–Trinajstić information content (AvgIpc) is 3.66. The van der Waals surface area contributed by atoms with Crippen LogP contribution in [0.15, 0.2) is 12.1 Å². The first-order chi connectivity index (χ1) is 16.7. The van der Waals surface area contributed by atoms with Crippen molar-refractivity contribution in [2.24, 2.45) is 11.8 Å². The summed E-state index contributed by atoms with van der Waals surface area (Å²) in [6.45, 7) is 2.82. The summed E-state index contributed by atoms with van der Waals surface area (Å²) < 4.78 is 16.0. The molecule has 0 radical (unpaired) electrons. The van der Waals surface area contributed by atoms with Crippen LogP contribution in [0.25, 0.3) is 0 Å². The Morgan fingerprint density at radius 3 is 2.40 bits per heavy atom. The Bertz CT molecular complexity index is 944. The molecule has 4 atom stereocenters. The van der Waals surface area contributed by atoms with E-state index in [9.17, 15) is 24.6 Å². The second-order valence-corrected chi connectivity index (χ2v) is 9.62. The molecule has 0 bridgehead atoms. The van der Waals surface area contributed by atoms with Crippen LogP contribution in [-0.4, -0.2) is 79.5 Å². The lowest BCUT2D eigenvalue weighted by atomic mass is 9.82. The van der Waals surface area contributed by atoms with E-state index < -0.39 is 48.5 Å².